The molecule has 0 radical (unpaired) electrons. The summed E-state index contributed by atoms with van der Waals surface area (Å²) in [4.78, 5) is 11.4. The Hall–Kier alpha value is -1.20. The first-order valence-corrected chi connectivity index (χ1v) is 7.78. The number of carbonyl (C=O) groups excluding carboxylic acids is 1. The molecule has 0 saturated heterocycles. The van der Waals surface area contributed by atoms with Crippen molar-refractivity contribution < 1.29 is 22.7 Å². The lowest BCUT2D eigenvalue weighted by Gasteiger charge is -2.15. The van der Waals surface area contributed by atoms with Crippen LogP contribution in [0.2, 0.25) is 0 Å². The highest BCUT2D eigenvalue weighted by atomic mass is 79.9. The van der Waals surface area contributed by atoms with Gasteiger partial charge >= 0.3 is 11.5 Å². The van der Waals surface area contributed by atoms with Crippen molar-refractivity contribution >= 4 is 33.7 Å². The second kappa shape index (κ2) is 7.71. The average molecular weight is 382 g/mol. The van der Waals surface area contributed by atoms with Gasteiger partial charge in [0.2, 0.25) is 0 Å². The molecule has 1 aromatic rings. The molecular weight excluding hydrogens is 371 g/mol. The van der Waals surface area contributed by atoms with Crippen LogP contribution in [0.3, 0.4) is 0 Å². The number of hydrogen-bond donors (Lipinski definition) is 0. The van der Waals surface area contributed by atoms with Crippen molar-refractivity contribution in [2.24, 2.45) is 0 Å². The highest BCUT2D eigenvalue weighted by Gasteiger charge is 2.32. The maximum atomic E-state index is 12.7. The van der Waals surface area contributed by atoms with Gasteiger partial charge in [-0.3, -0.25) is 4.79 Å². The zero-order valence-corrected chi connectivity index (χ0v) is 13.4. The van der Waals surface area contributed by atoms with Crippen LogP contribution in [0.1, 0.15) is 23.6 Å². The molecule has 1 aromatic carbocycles. The smallest absolute Gasteiger partial charge is 0.446 e. The van der Waals surface area contributed by atoms with E-state index in [9.17, 15) is 18.0 Å². The SMILES string of the molecule is CCOC(=O)Cc1ccc(C#N)c(CBr)c1SC(F)(F)F. The zero-order valence-electron chi connectivity index (χ0n) is 11.0. The summed E-state index contributed by atoms with van der Waals surface area (Å²) in [7, 11) is 0. The van der Waals surface area contributed by atoms with Crippen molar-refractivity contribution in [3.63, 3.8) is 0 Å². The van der Waals surface area contributed by atoms with Crippen molar-refractivity contribution in [1.82, 2.24) is 0 Å². The van der Waals surface area contributed by atoms with E-state index in [1.807, 2.05) is 6.07 Å². The van der Waals surface area contributed by atoms with E-state index >= 15 is 0 Å². The maximum Gasteiger partial charge on any atom is 0.446 e. The number of thioether (sulfide) groups is 1. The van der Waals surface area contributed by atoms with Crippen LogP contribution in [-0.2, 0) is 21.3 Å². The van der Waals surface area contributed by atoms with E-state index in [1.54, 1.807) is 6.92 Å². The molecule has 0 fully saturated rings. The largest absolute Gasteiger partial charge is 0.466 e. The Kier molecular flexibility index (Phi) is 6.55. The van der Waals surface area contributed by atoms with Crippen molar-refractivity contribution in [3.05, 3.63) is 28.8 Å². The first kappa shape index (κ1) is 17.9. The Bertz CT molecular complexity index is 570. The van der Waals surface area contributed by atoms with Crippen LogP contribution in [0.25, 0.3) is 0 Å². The fourth-order valence-corrected chi connectivity index (χ4v) is 3.24. The van der Waals surface area contributed by atoms with Gasteiger partial charge in [0.1, 0.15) is 0 Å². The first-order chi connectivity index (χ1) is 9.82. The predicted octanol–water partition coefficient (Wildman–Crippen LogP) is 4.17. The summed E-state index contributed by atoms with van der Waals surface area (Å²) in [6.07, 6.45) is -0.266. The number of rotatable bonds is 5. The first-order valence-electron chi connectivity index (χ1n) is 5.84. The van der Waals surface area contributed by atoms with Crippen LogP contribution in [0.15, 0.2) is 17.0 Å². The third kappa shape index (κ3) is 5.25. The molecule has 0 aliphatic rings. The maximum absolute atomic E-state index is 12.7. The van der Waals surface area contributed by atoms with Gasteiger partial charge in [-0.25, -0.2) is 0 Å². The van der Waals surface area contributed by atoms with E-state index in [0.717, 1.165) is 0 Å². The molecule has 0 saturated carbocycles. The highest BCUT2D eigenvalue weighted by Crippen LogP contribution is 2.42. The monoisotopic (exact) mass is 381 g/mol. The normalized spacial score (nSPS) is 11.0. The van der Waals surface area contributed by atoms with E-state index in [2.05, 4.69) is 15.9 Å². The lowest BCUT2D eigenvalue weighted by molar-refractivity contribution is -0.142. The molecule has 0 atom stereocenters. The second-order valence-electron chi connectivity index (χ2n) is 3.85. The van der Waals surface area contributed by atoms with E-state index in [4.69, 9.17) is 10.00 Å². The summed E-state index contributed by atoms with van der Waals surface area (Å²) in [5.41, 5.74) is -3.94. The van der Waals surface area contributed by atoms with Gasteiger partial charge in [-0.1, -0.05) is 22.0 Å². The Morgan fingerprint density at radius 3 is 2.62 bits per heavy atom. The Morgan fingerprint density at radius 2 is 2.14 bits per heavy atom. The van der Waals surface area contributed by atoms with E-state index in [-0.39, 0.29) is 51.7 Å². The molecule has 0 spiro atoms. The molecule has 114 valence electrons. The third-order valence-corrected chi connectivity index (χ3v) is 3.96. The molecule has 0 aliphatic carbocycles. The Balaban J connectivity index is 3.29. The van der Waals surface area contributed by atoms with Crippen molar-refractivity contribution in [2.75, 3.05) is 6.61 Å². The number of benzene rings is 1. The topological polar surface area (TPSA) is 50.1 Å². The van der Waals surface area contributed by atoms with Gasteiger partial charge in [0.15, 0.2) is 0 Å². The van der Waals surface area contributed by atoms with Gasteiger partial charge in [-0.2, -0.15) is 18.4 Å². The minimum atomic E-state index is -4.51. The number of esters is 1. The summed E-state index contributed by atoms with van der Waals surface area (Å²) in [5.74, 6) is -0.605. The minimum absolute atomic E-state index is 0.0883. The number of nitriles is 1. The van der Waals surface area contributed by atoms with Gasteiger partial charge in [0.25, 0.3) is 0 Å². The molecule has 0 N–H and O–H groups in total. The summed E-state index contributed by atoms with van der Waals surface area (Å²) >= 11 is 2.77. The Labute approximate surface area is 132 Å². The molecule has 0 unspecified atom stereocenters. The van der Waals surface area contributed by atoms with Crippen LogP contribution in [0, 0.1) is 11.3 Å². The van der Waals surface area contributed by atoms with Crippen LogP contribution >= 0.6 is 27.7 Å². The predicted molar refractivity (Wildman–Crippen MR) is 76.0 cm³/mol. The van der Waals surface area contributed by atoms with Crippen LogP contribution in [-0.4, -0.2) is 18.1 Å². The van der Waals surface area contributed by atoms with Crippen LogP contribution in [0.4, 0.5) is 13.2 Å². The average Bonchev–Trinajstić information content (AvgIpc) is 2.39. The molecule has 0 aromatic heterocycles. The van der Waals surface area contributed by atoms with Crippen molar-refractivity contribution in [2.45, 2.75) is 29.1 Å². The lowest BCUT2D eigenvalue weighted by Crippen LogP contribution is -2.11. The summed E-state index contributed by atoms with van der Waals surface area (Å²) < 4.78 is 42.9. The number of carbonyl (C=O) groups is 1. The number of hydrogen-bond acceptors (Lipinski definition) is 4. The zero-order chi connectivity index (χ0) is 16.0. The number of halogens is 4. The van der Waals surface area contributed by atoms with Crippen LogP contribution in [0.5, 0.6) is 0 Å². The van der Waals surface area contributed by atoms with E-state index in [1.165, 1.54) is 12.1 Å². The Morgan fingerprint density at radius 1 is 1.48 bits per heavy atom. The molecule has 8 heteroatoms. The molecule has 21 heavy (non-hydrogen) atoms. The van der Waals surface area contributed by atoms with Gasteiger partial charge < -0.3 is 4.74 Å². The summed E-state index contributed by atoms with van der Waals surface area (Å²) in [5, 5.41) is 9.06. The van der Waals surface area contributed by atoms with Crippen molar-refractivity contribution in [1.29, 1.82) is 5.26 Å². The molecule has 1 rings (SSSR count). The molecule has 0 aliphatic heterocycles. The standard InChI is InChI=1S/C13H11BrF3NO2S/c1-2-20-11(19)5-8-3-4-9(7-18)10(6-14)12(8)21-13(15,16)17/h3-4H,2,5-6H2,1H3. The third-order valence-electron chi connectivity index (χ3n) is 2.45. The molecule has 0 bridgehead atoms. The number of alkyl halides is 4. The second-order valence-corrected chi connectivity index (χ2v) is 5.49. The fourth-order valence-electron chi connectivity index (χ4n) is 1.66. The molecule has 0 heterocycles. The molecule has 0 amide bonds. The van der Waals surface area contributed by atoms with Gasteiger partial charge in [-0.15, -0.1) is 0 Å². The minimum Gasteiger partial charge on any atom is -0.466 e. The van der Waals surface area contributed by atoms with Crippen LogP contribution < -0.4 is 0 Å². The summed E-state index contributed by atoms with van der Waals surface area (Å²) in [6.45, 7) is 1.77. The molecular formula is C13H11BrF3NO2S. The fraction of sp³-hybridized carbons (Fsp3) is 0.385. The van der Waals surface area contributed by atoms with Gasteiger partial charge in [0.05, 0.1) is 24.7 Å². The molecule has 3 nitrogen and oxygen atoms in total. The van der Waals surface area contributed by atoms with Gasteiger partial charge in [0, 0.05) is 10.2 Å². The van der Waals surface area contributed by atoms with Crippen molar-refractivity contribution in [3.8, 4) is 6.07 Å². The number of ether oxygens (including phenoxy) is 1. The number of nitrogens with zero attached hydrogens (tertiary/aromatic N) is 1. The quantitative estimate of drug-likeness (QED) is 0.436. The summed E-state index contributed by atoms with van der Waals surface area (Å²) in [6, 6.07) is 4.62. The lowest BCUT2D eigenvalue weighted by atomic mass is 10.0. The highest BCUT2D eigenvalue weighted by molar-refractivity contribution is 9.08. The van der Waals surface area contributed by atoms with Gasteiger partial charge in [-0.05, 0) is 35.9 Å². The van der Waals surface area contributed by atoms with E-state index in [0.29, 0.717) is 0 Å². The van der Waals surface area contributed by atoms with E-state index < -0.39 is 11.5 Å².